The average Bonchev–Trinajstić information content (AvgIpc) is 3.47. The quantitative estimate of drug-likeness (QED) is 0.478. The molecule has 9 heteroatoms. The van der Waals surface area contributed by atoms with E-state index in [2.05, 4.69) is 4.90 Å². The van der Waals surface area contributed by atoms with Crippen LogP contribution in [0.4, 0.5) is 0 Å². The second-order valence-electron chi connectivity index (χ2n) is 8.71. The van der Waals surface area contributed by atoms with Crippen molar-refractivity contribution in [3.05, 3.63) is 71.2 Å². The Morgan fingerprint density at radius 1 is 1.06 bits per heavy atom. The van der Waals surface area contributed by atoms with Crippen molar-refractivity contribution in [3.8, 4) is 11.5 Å². The Kier molecular flexibility index (Phi) is 6.67. The third-order valence-corrected chi connectivity index (χ3v) is 6.67. The molecule has 5 rings (SSSR count). The zero-order valence-electron chi connectivity index (χ0n) is 20.2. The van der Waals surface area contributed by atoms with E-state index in [4.69, 9.17) is 18.6 Å². The number of fused-ring (bicyclic) bond motifs is 1. The van der Waals surface area contributed by atoms with E-state index in [0.29, 0.717) is 54.3 Å². The van der Waals surface area contributed by atoms with Crippen molar-refractivity contribution < 1.29 is 33.3 Å². The van der Waals surface area contributed by atoms with Gasteiger partial charge in [0, 0.05) is 31.6 Å². The van der Waals surface area contributed by atoms with E-state index in [9.17, 15) is 14.7 Å². The molecular formula is C27H28N2O7. The number of aliphatic hydroxyl groups excluding tert-OH is 1. The topological polar surface area (TPSA) is 102 Å². The van der Waals surface area contributed by atoms with Crippen LogP contribution in [0.1, 0.15) is 22.2 Å². The Balaban J connectivity index is 1.53. The number of carbonyl (C=O) groups excluding carboxylic acids is 2. The van der Waals surface area contributed by atoms with Crippen molar-refractivity contribution in [3.63, 3.8) is 0 Å². The summed E-state index contributed by atoms with van der Waals surface area (Å²) in [5.74, 6) is -0.619. The summed E-state index contributed by atoms with van der Waals surface area (Å²) >= 11 is 0. The summed E-state index contributed by atoms with van der Waals surface area (Å²) in [6, 6.07) is 13.3. The molecule has 1 unspecified atom stereocenters. The molecule has 0 bridgehead atoms. The molecule has 36 heavy (non-hydrogen) atoms. The van der Waals surface area contributed by atoms with Crippen LogP contribution >= 0.6 is 0 Å². The fourth-order valence-corrected chi connectivity index (χ4v) is 4.79. The molecule has 1 atom stereocenters. The van der Waals surface area contributed by atoms with Gasteiger partial charge in [-0.25, -0.2) is 0 Å². The molecule has 1 aromatic heterocycles. The van der Waals surface area contributed by atoms with Gasteiger partial charge in [0.2, 0.25) is 5.78 Å². The number of benzene rings is 2. The number of hydrogen-bond donors (Lipinski definition) is 1. The van der Waals surface area contributed by atoms with E-state index in [-0.39, 0.29) is 11.3 Å². The highest BCUT2D eigenvalue weighted by atomic mass is 16.5. The zero-order valence-corrected chi connectivity index (χ0v) is 20.2. The van der Waals surface area contributed by atoms with Gasteiger partial charge in [-0.15, -0.1) is 0 Å². The van der Waals surface area contributed by atoms with Gasteiger partial charge in [-0.2, -0.15) is 0 Å². The summed E-state index contributed by atoms with van der Waals surface area (Å²) in [6.07, 6.45) is 0. The van der Waals surface area contributed by atoms with Crippen LogP contribution in [0.25, 0.3) is 11.0 Å². The molecule has 0 radical (unpaired) electrons. The van der Waals surface area contributed by atoms with Crippen LogP contribution in [0, 0.1) is 0 Å². The molecule has 9 nitrogen and oxygen atoms in total. The number of carbonyl (C=O) groups is 2. The Hall–Kier alpha value is -3.82. The number of methoxy groups -OCH3 is 2. The third kappa shape index (κ3) is 4.31. The number of Topliss-reactive ketones (excluding diaryl/α,β-unsaturated/α-hetero) is 1. The smallest absolute Gasteiger partial charge is 0.290 e. The number of amides is 1. The van der Waals surface area contributed by atoms with E-state index >= 15 is 0 Å². The molecule has 3 aromatic rings. The first-order chi connectivity index (χ1) is 17.5. The van der Waals surface area contributed by atoms with Crippen LogP contribution in [0.5, 0.6) is 11.5 Å². The molecule has 2 aliphatic rings. The molecular weight excluding hydrogens is 464 g/mol. The van der Waals surface area contributed by atoms with Gasteiger partial charge in [0.25, 0.3) is 5.91 Å². The number of para-hydroxylation sites is 1. The second kappa shape index (κ2) is 10.0. The molecule has 2 aromatic carbocycles. The number of morpholine rings is 1. The lowest BCUT2D eigenvalue weighted by atomic mass is 9.95. The zero-order chi connectivity index (χ0) is 25.2. The predicted octanol–water partition coefficient (Wildman–Crippen LogP) is 3.36. The van der Waals surface area contributed by atoms with E-state index < -0.39 is 23.5 Å². The van der Waals surface area contributed by atoms with Crippen molar-refractivity contribution in [2.24, 2.45) is 0 Å². The van der Waals surface area contributed by atoms with E-state index in [0.717, 1.165) is 13.1 Å². The standard InChI is InChI=1S/C27H28N2O7/c1-33-19-7-3-5-17(15-19)23-22(24(30)21-16-18-6-4-8-20(34-2)26(18)36-21)25(31)27(32)29(23)10-9-28-11-13-35-14-12-28/h3-8,15-16,23,31H,9-14H2,1-2H3. The number of hydrogen-bond acceptors (Lipinski definition) is 8. The van der Waals surface area contributed by atoms with E-state index in [1.807, 2.05) is 6.07 Å². The molecule has 188 valence electrons. The maximum Gasteiger partial charge on any atom is 0.290 e. The van der Waals surface area contributed by atoms with E-state index in [1.165, 1.54) is 12.0 Å². The molecule has 1 amide bonds. The lowest BCUT2D eigenvalue weighted by Gasteiger charge is -2.31. The summed E-state index contributed by atoms with van der Waals surface area (Å²) in [5, 5.41) is 11.7. The van der Waals surface area contributed by atoms with Gasteiger partial charge in [0.1, 0.15) is 5.75 Å². The minimum absolute atomic E-state index is 0.0201. The molecule has 0 saturated carbocycles. The summed E-state index contributed by atoms with van der Waals surface area (Å²) in [6.45, 7) is 3.71. The van der Waals surface area contributed by atoms with Gasteiger partial charge in [-0.05, 0) is 29.8 Å². The van der Waals surface area contributed by atoms with Crippen molar-refractivity contribution in [1.29, 1.82) is 0 Å². The maximum absolute atomic E-state index is 13.8. The second-order valence-corrected chi connectivity index (χ2v) is 8.71. The number of furan rings is 1. The van der Waals surface area contributed by atoms with Crippen molar-refractivity contribution >= 4 is 22.7 Å². The Bertz CT molecular complexity index is 1320. The molecule has 2 aliphatic heterocycles. The number of ketones is 1. The molecule has 1 N–H and O–H groups in total. The number of rotatable bonds is 8. The van der Waals surface area contributed by atoms with Crippen molar-refractivity contribution in [2.45, 2.75) is 6.04 Å². The highest BCUT2D eigenvalue weighted by Crippen LogP contribution is 2.41. The minimum atomic E-state index is -0.795. The van der Waals surface area contributed by atoms with Gasteiger partial charge < -0.3 is 28.6 Å². The first kappa shape index (κ1) is 23.9. The fraction of sp³-hybridized carbons (Fsp3) is 0.333. The summed E-state index contributed by atoms with van der Waals surface area (Å²) in [5.41, 5.74) is 1.06. The minimum Gasteiger partial charge on any atom is -0.503 e. The summed E-state index contributed by atoms with van der Waals surface area (Å²) in [4.78, 5) is 30.8. The average molecular weight is 493 g/mol. The van der Waals surface area contributed by atoms with Crippen LogP contribution in [-0.2, 0) is 9.53 Å². The number of ether oxygens (including phenoxy) is 3. The molecule has 0 aliphatic carbocycles. The van der Waals surface area contributed by atoms with Gasteiger partial charge in [-0.1, -0.05) is 24.3 Å². The molecule has 1 saturated heterocycles. The largest absolute Gasteiger partial charge is 0.503 e. The van der Waals surface area contributed by atoms with Crippen molar-refractivity contribution in [1.82, 2.24) is 9.80 Å². The van der Waals surface area contributed by atoms with Crippen LogP contribution < -0.4 is 9.47 Å². The maximum atomic E-state index is 13.8. The van der Waals surface area contributed by atoms with Gasteiger partial charge in [0.15, 0.2) is 22.9 Å². The van der Waals surface area contributed by atoms with Crippen LogP contribution in [0.2, 0.25) is 0 Å². The van der Waals surface area contributed by atoms with Crippen molar-refractivity contribution in [2.75, 3.05) is 53.6 Å². The first-order valence-corrected chi connectivity index (χ1v) is 11.8. The summed E-state index contributed by atoms with van der Waals surface area (Å²) in [7, 11) is 3.07. The molecule has 3 heterocycles. The van der Waals surface area contributed by atoms with Crippen LogP contribution in [-0.4, -0.2) is 80.2 Å². The third-order valence-electron chi connectivity index (χ3n) is 6.67. The molecule has 0 spiro atoms. The SMILES string of the molecule is COc1cccc(C2C(C(=O)c3cc4cccc(OC)c4o3)=C(O)C(=O)N2CCN2CCOCC2)c1. The van der Waals surface area contributed by atoms with Gasteiger partial charge in [0.05, 0.1) is 39.0 Å². The molecule has 1 fully saturated rings. The monoisotopic (exact) mass is 492 g/mol. The van der Waals surface area contributed by atoms with Gasteiger partial charge in [-0.3, -0.25) is 14.5 Å². The highest BCUT2D eigenvalue weighted by Gasteiger charge is 2.44. The van der Waals surface area contributed by atoms with E-state index in [1.54, 1.807) is 49.6 Å². The Morgan fingerprint density at radius 3 is 2.58 bits per heavy atom. The van der Waals surface area contributed by atoms with Gasteiger partial charge >= 0.3 is 0 Å². The summed E-state index contributed by atoms with van der Waals surface area (Å²) < 4.78 is 22.0. The normalized spacial score (nSPS) is 18.8. The number of nitrogens with zero attached hydrogens (tertiary/aromatic N) is 2. The highest BCUT2D eigenvalue weighted by molar-refractivity contribution is 6.16. The lowest BCUT2D eigenvalue weighted by Crippen LogP contribution is -2.43. The van der Waals surface area contributed by atoms with Crippen LogP contribution in [0.3, 0.4) is 0 Å². The Labute approximate surface area is 208 Å². The number of aliphatic hydroxyl groups is 1. The fourth-order valence-electron chi connectivity index (χ4n) is 4.79. The lowest BCUT2D eigenvalue weighted by molar-refractivity contribution is -0.129. The van der Waals surface area contributed by atoms with Crippen LogP contribution in [0.15, 0.2) is 64.3 Å². The Morgan fingerprint density at radius 2 is 1.83 bits per heavy atom. The first-order valence-electron chi connectivity index (χ1n) is 11.8. The predicted molar refractivity (Wildman–Crippen MR) is 131 cm³/mol.